The number of nitrogens with zero attached hydrogens (tertiary/aromatic N) is 1. The van der Waals surface area contributed by atoms with Crippen LogP contribution in [0.2, 0.25) is 0 Å². The second kappa shape index (κ2) is 6.65. The van der Waals surface area contributed by atoms with E-state index in [-0.39, 0.29) is 11.3 Å². The van der Waals surface area contributed by atoms with E-state index in [9.17, 15) is 4.79 Å². The van der Waals surface area contributed by atoms with Crippen LogP contribution in [0.5, 0.6) is 0 Å². The number of benzene rings is 1. The maximum atomic E-state index is 12.9. The van der Waals surface area contributed by atoms with Crippen LogP contribution in [0.15, 0.2) is 35.7 Å². The summed E-state index contributed by atoms with van der Waals surface area (Å²) in [5.74, 6) is 0.716. The van der Waals surface area contributed by atoms with Gasteiger partial charge in [0.15, 0.2) is 0 Å². The summed E-state index contributed by atoms with van der Waals surface area (Å²) in [6.07, 6.45) is 4.62. The molecule has 126 valence electrons. The number of aromatic nitrogens is 1. The van der Waals surface area contributed by atoms with Crippen molar-refractivity contribution in [3.8, 4) is 10.6 Å². The molecule has 0 bridgehead atoms. The van der Waals surface area contributed by atoms with Gasteiger partial charge in [0.2, 0.25) is 5.91 Å². The van der Waals surface area contributed by atoms with Crippen LogP contribution < -0.4 is 10.6 Å². The van der Waals surface area contributed by atoms with Gasteiger partial charge < -0.3 is 10.6 Å². The van der Waals surface area contributed by atoms with Gasteiger partial charge in [-0.25, -0.2) is 4.98 Å². The number of rotatable bonds is 4. The maximum Gasteiger partial charge on any atom is 0.228 e. The Morgan fingerprint density at radius 3 is 3.08 bits per heavy atom. The molecule has 2 atom stereocenters. The third kappa shape index (κ3) is 2.87. The molecule has 2 aromatic rings. The SMILES string of the molecule is O=C(NCc1csc(-c2ccccc2)n1)[C@@]12CCCC[C@H]1CNC2. The lowest BCUT2D eigenvalue weighted by atomic mass is 9.67. The van der Waals surface area contributed by atoms with Crippen molar-refractivity contribution in [1.29, 1.82) is 0 Å². The van der Waals surface area contributed by atoms with Crippen molar-refractivity contribution in [2.45, 2.75) is 32.2 Å². The molecule has 1 aliphatic carbocycles. The zero-order valence-corrected chi connectivity index (χ0v) is 14.6. The molecule has 1 saturated heterocycles. The standard InChI is InChI=1S/C19H23N3OS/c23-18(19-9-5-4-8-15(19)10-20-13-19)21-11-16-12-24-17(22-16)14-6-2-1-3-7-14/h1-3,6-7,12,15,20H,4-5,8-11,13H2,(H,21,23)/t15-,19+/m0/s1. The van der Waals surface area contributed by atoms with Gasteiger partial charge in [0.25, 0.3) is 0 Å². The molecule has 1 aromatic carbocycles. The number of nitrogens with one attached hydrogen (secondary N) is 2. The van der Waals surface area contributed by atoms with Gasteiger partial charge >= 0.3 is 0 Å². The quantitative estimate of drug-likeness (QED) is 0.898. The third-order valence-electron chi connectivity index (χ3n) is 5.49. The fourth-order valence-electron chi connectivity index (χ4n) is 4.14. The van der Waals surface area contributed by atoms with Gasteiger partial charge in [-0.15, -0.1) is 11.3 Å². The summed E-state index contributed by atoms with van der Waals surface area (Å²) in [6, 6.07) is 10.2. The predicted molar refractivity (Wildman–Crippen MR) is 96.7 cm³/mol. The highest BCUT2D eigenvalue weighted by molar-refractivity contribution is 7.13. The average molecular weight is 341 g/mol. The summed E-state index contributed by atoms with van der Waals surface area (Å²) < 4.78 is 0. The molecule has 2 N–H and O–H groups in total. The molecule has 2 fully saturated rings. The van der Waals surface area contributed by atoms with E-state index in [1.807, 2.05) is 23.6 Å². The summed E-state index contributed by atoms with van der Waals surface area (Å²) in [7, 11) is 0. The van der Waals surface area contributed by atoms with Crippen LogP contribution in [0.3, 0.4) is 0 Å². The lowest BCUT2D eigenvalue weighted by Crippen LogP contribution is -2.47. The van der Waals surface area contributed by atoms with Crippen LogP contribution in [-0.4, -0.2) is 24.0 Å². The Labute approximate surface area is 146 Å². The number of amides is 1. The Balaban J connectivity index is 1.42. The zero-order valence-electron chi connectivity index (χ0n) is 13.8. The number of carbonyl (C=O) groups excluding carboxylic acids is 1. The zero-order chi connectivity index (χ0) is 16.4. The van der Waals surface area contributed by atoms with Gasteiger partial charge in [0, 0.05) is 17.5 Å². The van der Waals surface area contributed by atoms with E-state index < -0.39 is 0 Å². The smallest absolute Gasteiger partial charge is 0.228 e. The summed E-state index contributed by atoms with van der Waals surface area (Å²) in [5.41, 5.74) is 1.89. The first-order valence-electron chi connectivity index (χ1n) is 8.77. The molecule has 2 heterocycles. The molecular formula is C19H23N3OS. The highest BCUT2D eigenvalue weighted by atomic mass is 32.1. The predicted octanol–water partition coefficient (Wildman–Crippen LogP) is 3.21. The number of fused-ring (bicyclic) bond motifs is 1. The molecule has 1 amide bonds. The Morgan fingerprint density at radius 1 is 1.33 bits per heavy atom. The molecule has 4 rings (SSSR count). The summed E-state index contributed by atoms with van der Waals surface area (Å²) in [6.45, 7) is 2.34. The number of thiazole rings is 1. The van der Waals surface area contributed by atoms with Crippen molar-refractivity contribution < 1.29 is 4.79 Å². The van der Waals surface area contributed by atoms with Gasteiger partial charge in [-0.3, -0.25) is 4.79 Å². The van der Waals surface area contributed by atoms with Gasteiger partial charge in [0.1, 0.15) is 5.01 Å². The molecule has 0 unspecified atom stereocenters. The third-order valence-corrected chi connectivity index (χ3v) is 6.43. The maximum absolute atomic E-state index is 12.9. The van der Waals surface area contributed by atoms with E-state index >= 15 is 0 Å². The molecule has 5 heteroatoms. The fraction of sp³-hybridized carbons (Fsp3) is 0.474. The van der Waals surface area contributed by atoms with Gasteiger partial charge in [0.05, 0.1) is 17.7 Å². The second-order valence-electron chi connectivity index (χ2n) is 6.92. The van der Waals surface area contributed by atoms with Crippen molar-refractivity contribution in [1.82, 2.24) is 15.6 Å². The van der Waals surface area contributed by atoms with Crippen molar-refractivity contribution in [2.24, 2.45) is 11.3 Å². The van der Waals surface area contributed by atoms with Crippen molar-refractivity contribution in [2.75, 3.05) is 13.1 Å². The fourth-order valence-corrected chi connectivity index (χ4v) is 4.96. The average Bonchev–Trinajstić information content (AvgIpc) is 3.28. The van der Waals surface area contributed by atoms with E-state index in [0.717, 1.165) is 35.8 Å². The number of hydrogen-bond acceptors (Lipinski definition) is 4. The molecular weight excluding hydrogens is 318 g/mol. The second-order valence-corrected chi connectivity index (χ2v) is 7.78. The molecule has 2 aliphatic rings. The van der Waals surface area contributed by atoms with E-state index in [2.05, 4.69) is 27.8 Å². The first-order chi connectivity index (χ1) is 11.8. The molecule has 4 nitrogen and oxygen atoms in total. The van der Waals surface area contributed by atoms with E-state index in [1.54, 1.807) is 11.3 Å². The van der Waals surface area contributed by atoms with E-state index in [0.29, 0.717) is 12.5 Å². The molecule has 1 saturated carbocycles. The topological polar surface area (TPSA) is 54.0 Å². The minimum atomic E-state index is -0.184. The van der Waals surface area contributed by atoms with E-state index in [1.165, 1.54) is 19.3 Å². The number of carbonyl (C=O) groups is 1. The molecule has 0 spiro atoms. The Morgan fingerprint density at radius 2 is 2.21 bits per heavy atom. The molecule has 1 aliphatic heterocycles. The number of hydrogen-bond donors (Lipinski definition) is 2. The lowest BCUT2D eigenvalue weighted by molar-refractivity contribution is -0.134. The highest BCUT2D eigenvalue weighted by Gasteiger charge is 2.49. The summed E-state index contributed by atoms with van der Waals surface area (Å²) in [4.78, 5) is 17.5. The van der Waals surface area contributed by atoms with Gasteiger partial charge in [-0.05, 0) is 25.3 Å². The van der Waals surface area contributed by atoms with Crippen LogP contribution in [-0.2, 0) is 11.3 Å². The van der Waals surface area contributed by atoms with Crippen LogP contribution in [0, 0.1) is 11.3 Å². The highest BCUT2D eigenvalue weighted by Crippen LogP contribution is 2.43. The Hall–Kier alpha value is -1.72. The molecule has 0 radical (unpaired) electrons. The van der Waals surface area contributed by atoms with E-state index in [4.69, 9.17) is 0 Å². The minimum absolute atomic E-state index is 0.184. The van der Waals surface area contributed by atoms with Crippen molar-refractivity contribution in [3.05, 3.63) is 41.4 Å². The Bertz CT molecular complexity index is 714. The molecule has 24 heavy (non-hydrogen) atoms. The molecule has 1 aromatic heterocycles. The van der Waals surface area contributed by atoms with Crippen molar-refractivity contribution in [3.63, 3.8) is 0 Å². The minimum Gasteiger partial charge on any atom is -0.350 e. The summed E-state index contributed by atoms with van der Waals surface area (Å²) in [5, 5.41) is 9.65. The van der Waals surface area contributed by atoms with Crippen LogP contribution in [0.1, 0.15) is 31.4 Å². The first kappa shape index (κ1) is 15.8. The van der Waals surface area contributed by atoms with Crippen LogP contribution in [0.4, 0.5) is 0 Å². The largest absolute Gasteiger partial charge is 0.350 e. The Kier molecular flexibility index (Phi) is 4.37. The van der Waals surface area contributed by atoms with Gasteiger partial charge in [-0.1, -0.05) is 43.2 Å². The monoisotopic (exact) mass is 341 g/mol. The van der Waals surface area contributed by atoms with Crippen LogP contribution >= 0.6 is 11.3 Å². The normalized spacial score (nSPS) is 26.1. The van der Waals surface area contributed by atoms with Gasteiger partial charge in [-0.2, -0.15) is 0 Å². The lowest BCUT2D eigenvalue weighted by Gasteiger charge is -2.37. The first-order valence-corrected chi connectivity index (χ1v) is 9.65. The van der Waals surface area contributed by atoms with Crippen LogP contribution in [0.25, 0.3) is 10.6 Å². The summed E-state index contributed by atoms with van der Waals surface area (Å²) >= 11 is 1.63. The van der Waals surface area contributed by atoms with Crippen molar-refractivity contribution >= 4 is 17.2 Å².